The molecule has 24 heavy (non-hydrogen) atoms. The first kappa shape index (κ1) is 14.8. The number of hydrogen-bond acceptors (Lipinski definition) is 3. The molecule has 4 rings (SSSR count). The quantitative estimate of drug-likeness (QED) is 0.936. The van der Waals surface area contributed by atoms with Crippen molar-refractivity contribution in [2.45, 2.75) is 5.92 Å². The zero-order chi connectivity index (χ0) is 16.4. The van der Waals surface area contributed by atoms with E-state index in [-0.39, 0.29) is 18.4 Å². The highest BCUT2D eigenvalue weighted by molar-refractivity contribution is 5.55. The van der Waals surface area contributed by atoms with E-state index in [9.17, 15) is 5.11 Å². The lowest BCUT2D eigenvalue weighted by Crippen LogP contribution is -2.22. The van der Waals surface area contributed by atoms with E-state index in [1.165, 1.54) is 5.57 Å². The molecule has 0 radical (unpaired) electrons. The maximum Gasteiger partial charge on any atom is 0.0889 e. The zero-order valence-corrected chi connectivity index (χ0v) is 13.2. The second-order valence-corrected chi connectivity index (χ2v) is 5.98. The monoisotopic (exact) mass is 314 g/mol. The van der Waals surface area contributed by atoms with E-state index in [1.54, 1.807) is 6.20 Å². The summed E-state index contributed by atoms with van der Waals surface area (Å²) in [6, 6.07) is 11.9. The summed E-state index contributed by atoms with van der Waals surface area (Å²) in [4.78, 5) is 9.25. The highest BCUT2D eigenvalue weighted by Gasteiger charge is 2.30. The van der Waals surface area contributed by atoms with Gasteiger partial charge in [0.25, 0.3) is 0 Å². The summed E-state index contributed by atoms with van der Waals surface area (Å²) in [5.74, 6) is 0.272. The predicted octanol–water partition coefficient (Wildman–Crippen LogP) is 3.83. The van der Waals surface area contributed by atoms with Gasteiger partial charge in [-0.05, 0) is 35.4 Å². The van der Waals surface area contributed by atoms with Crippen molar-refractivity contribution in [3.8, 4) is 11.4 Å². The van der Waals surface area contributed by atoms with Crippen molar-refractivity contribution < 1.29 is 5.11 Å². The number of hydrogen-bond donors (Lipinski definition) is 1. The van der Waals surface area contributed by atoms with Crippen molar-refractivity contribution >= 4 is 0 Å². The Morgan fingerprint density at radius 3 is 2.71 bits per heavy atom. The first-order valence-electron chi connectivity index (χ1n) is 8.11. The van der Waals surface area contributed by atoms with Gasteiger partial charge in [0, 0.05) is 23.7 Å². The van der Waals surface area contributed by atoms with Crippen molar-refractivity contribution in [3.63, 3.8) is 0 Å². The molecule has 3 nitrogen and oxygen atoms in total. The molecular weight excluding hydrogens is 296 g/mol. The Balaban J connectivity index is 1.74. The van der Waals surface area contributed by atoms with Crippen molar-refractivity contribution in [2.75, 3.05) is 6.61 Å². The summed E-state index contributed by atoms with van der Waals surface area (Å²) in [5.41, 5.74) is 5.00. The third-order valence-corrected chi connectivity index (χ3v) is 4.55. The van der Waals surface area contributed by atoms with Crippen LogP contribution in [0.4, 0.5) is 0 Å². The number of pyridine rings is 2. The Morgan fingerprint density at radius 1 is 0.958 bits per heavy atom. The number of nitrogens with zero attached hydrogens (tertiary/aromatic N) is 2. The first-order valence-corrected chi connectivity index (χ1v) is 8.11. The van der Waals surface area contributed by atoms with E-state index in [0.29, 0.717) is 0 Å². The van der Waals surface area contributed by atoms with Gasteiger partial charge in [-0.25, -0.2) is 0 Å². The topological polar surface area (TPSA) is 46.0 Å². The maximum absolute atomic E-state index is 9.74. The van der Waals surface area contributed by atoms with Crippen LogP contribution in [0.15, 0.2) is 90.2 Å². The number of fused-ring (bicyclic) bond motifs is 1. The standard InChI is InChI=1S/C21H18N2O/c24-14-16-8-3-6-15-7-4-9-17(21(15)16)18-11-5-12-20(23-18)19-10-1-2-13-22-19/h1-13,17,21,24H,14H2/t17-,21?/m0/s1. The predicted molar refractivity (Wildman–Crippen MR) is 95.2 cm³/mol. The summed E-state index contributed by atoms with van der Waals surface area (Å²) in [6.45, 7) is 0.0661. The molecule has 0 saturated heterocycles. The fourth-order valence-corrected chi connectivity index (χ4v) is 3.41. The molecule has 0 aliphatic heterocycles. The van der Waals surface area contributed by atoms with Crippen molar-refractivity contribution in [2.24, 2.45) is 5.92 Å². The van der Waals surface area contributed by atoms with E-state index in [1.807, 2.05) is 42.5 Å². The average molecular weight is 314 g/mol. The van der Waals surface area contributed by atoms with Crippen LogP contribution >= 0.6 is 0 Å². The second kappa shape index (κ2) is 6.38. The van der Waals surface area contributed by atoms with Gasteiger partial charge >= 0.3 is 0 Å². The summed E-state index contributed by atoms with van der Waals surface area (Å²) < 4.78 is 0. The van der Waals surface area contributed by atoms with Gasteiger partial charge in [0.2, 0.25) is 0 Å². The molecule has 2 heterocycles. The highest BCUT2D eigenvalue weighted by Crippen LogP contribution is 2.41. The van der Waals surface area contributed by atoms with Crippen LogP contribution < -0.4 is 0 Å². The molecule has 0 fully saturated rings. The van der Waals surface area contributed by atoms with E-state index in [4.69, 9.17) is 4.98 Å². The molecule has 1 N–H and O–H groups in total. The van der Waals surface area contributed by atoms with Gasteiger partial charge in [0.1, 0.15) is 0 Å². The van der Waals surface area contributed by atoms with Crippen molar-refractivity contribution in [1.82, 2.24) is 9.97 Å². The molecular formula is C21H18N2O. The third-order valence-electron chi connectivity index (χ3n) is 4.55. The average Bonchev–Trinajstić information content (AvgIpc) is 2.68. The molecule has 0 saturated carbocycles. The molecule has 118 valence electrons. The van der Waals surface area contributed by atoms with E-state index >= 15 is 0 Å². The minimum absolute atomic E-state index is 0.0661. The number of rotatable bonds is 3. The largest absolute Gasteiger partial charge is 0.392 e. The molecule has 2 aromatic rings. The van der Waals surface area contributed by atoms with Gasteiger partial charge < -0.3 is 5.11 Å². The first-order chi connectivity index (χ1) is 11.9. The summed E-state index contributed by atoms with van der Waals surface area (Å²) >= 11 is 0. The summed E-state index contributed by atoms with van der Waals surface area (Å²) in [5, 5.41) is 9.74. The molecule has 0 spiro atoms. The molecule has 2 aliphatic rings. The number of allylic oxidation sites excluding steroid dienone is 7. The lowest BCUT2D eigenvalue weighted by molar-refractivity contribution is 0.314. The van der Waals surface area contributed by atoms with Crippen LogP contribution in [0.5, 0.6) is 0 Å². The molecule has 0 aromatic carbocycles. The molecule has 2 aromatic heterocycles. The van der Waals surface area contributed by atoms with E-state index in [0.717, 1.165) is 22.7 Å². The summed E-state index contributed by atoms with van der Waals surface area (Å²) in [7, 11) is 0. The van der Waals surface area contributed by atoms with Crippen LogP contribution in [0.2, 0.25) is 0 Å². The lowest BCUT2D eigenvalue weighted by atomic mass is 9.73. The van der Waals surface area contributed by atoms with Crippen molar-refractivity contribution in [3.05, 3.63) is 95.9 Å². The normalized spacial score (nSPS) is 21.9. The van der Waals surface area contributed by atoms with Gasteiger partial charge in [-0.3, -0.25) is 9.97 Å². The van der Waals surface area contributed by atoms with Gasteiger partial charge in [-0.2, -0.15) is 0 Å². The molecule has 2 atom stereocenters. The van der Waals surface area contributed by atoms with E-state index < -0.39 is 0 Å². The number of aromatic nitrogens is 2. The van der Waals surface area contributed by atoms with Crippen LogP contribution in [-0.4, -0.2) is 21.7 Å². The van der Waals surface area contributed by atoms with Crippen LogP contribution in [-0.2, 0) is 0 Å². The molecule has 2 aliphatic carbocycles. The molecule has 1 unspecified atom stereocenters. The van der Waals surface area contributed by atoms with Crippen molar-refractivity contribution in [1.29, 1.82) is 0 Å². The molecule has 3 heteroatoms. The van der Waals surface area contributed by atoms with Crippen LogP contribution in [0, 0.1) is 5.92 Å². The lowest BCUT2D eigenvalue weighted by Gasteiger charge is -2.31. The van der Waals surface area contributed by atoms with E-state index in [2.05, 4.69) is 35.4 Å². The fourth-order valence-electron chi connectivity index (χ4n) is 3.41. The molecule has 0 bridgehead atoms. The van der Waals surface area contributed by atoms with Crippen LogP contribution in [0.1, 0.15) is 11.6 Å². The Labute approximate surface area is 141 Å². The van der Waals surface area contributed by atoms with Gasteiger partial charge in [-0.15, -0.1) is 0 Å². The number of aliphatic hydroxyl groups is 1. The molecule has 0 amide bonds. The maximum atomic E-state index is 9.74. The SMILES string of the molecule is OCC1=CC=CC2=CC=C[C@@H](c3cccc(-c4ccccn4)n3)C21. The Bertz CT molecular complexity index is 862. The minimum atomic E-state index is 0.0661. The highest BCUT2D eigenvalue weighted by atomic mass is 16.3. The summed E-state index contributed by atoms with van der Waals surface area (Å²) in [6.07, 6.45) is 14.3. The Hall–Kier alpha value is -2.78. The van der Waals surface area contributed by atoms with Gasteiger partial charge in [-0.1, -0.05) is 48.6 Å². The third kappa shape index (κ3) is 2.63. The van der Waals surface area contributed by atoms with Crippen LogP contribution in [0.25, 0.3) is 11.4 Å². The smallest absolute Gasteiger partial charge is 0.0889 e. The van der Waals surface area contributed by atoms with Gasteiger partial charge in [0.15, 0.2) is 0 Å². The second-order valence-electron chi connectivity index (χ2n) is 5.98. The minimum Gasteiger partial charge on any atom is -0.392 e. The van der Waals surface area contributed by atoms with Gasteiger partial charge in [0.05, 0.1) is 18.0 Å². The number of aliphatic hydroxyl groups excluding tert-OH is 1. The van der Waals surface area contributed by atoms with Crippen LogP contribution in [0.3, 0.4) is 0 Å². The Morgan fingerprint density at radius 2 is 1.88 bits per heavy atom. The Kier molecular flexibility index (Phi) is 3.93. The zero-order valence-electron chi connectivity index (χ0n) is 13.2. The fraction of sp³-hybridized carbons (Fsp3) is 0.143.